The van der Waals surface area contributed by atoms with Gasteiger partial charge in [-0.15, -0.1) is 0 Å². The Labute approximate surface area is 168 Å². The van der Waals surface area contributed by atoms with Gasteiger partial charge in [-0.1, -0.05) is 32.9 Å². The topological polar surface area (TPSA) is 67.4 Å². The van der Waals surface area contributed by atoms with Crippen LogP contribution < -0.4 is 10.6 Å². The van der Waals surface area contributed by atoms with E-state index in [9.17, 15) is 9.59 Å². The van der Waals surface area contributed by atoms with Crippen LogP contribution in [0, 0.1) is 11.8 Å². The Morgan fingerprint density at radius 2 is 1.57 bits per heavy atom. The molecule has 1 aromatic rings. The normalized spacial score (nSPS) is 25.3. The molecule has 1 saturated carbocycles. The second-order valence-electron chi connectivity index (χ2n) is 9.25. The van der Waals surface area contributed by atoms with E-state index in [0.717, 1.165) is 50.8 Å². The molecule has 2 fully saturated rings. The molecule has 1 aliphatic heterocycles. The Hall–Kier alpha value is -1.88. The van der Waals surface area contributed by atoms with Crippen molar-refractivity contribution in [3.8, 4) is 0 Å². The molecule has 0 spiro atoms. The van der Waals surface area contributed by atoms with E-state index in [1.165, 1.54) is 5.56 Å². The van der Waals surface area contributed by atoms with E-state index >= 15 is 0 Å². The Kier molecular flexibility index (Phi) is 6.76. The SMILES string of the molecule is CC(C)(C)c1ccc(NC(=O)C2CCC(C(=O)NCC3CCCO3)CC2)cc1. The fraction of sp³-hybridized carbons (Fsp3) is 0.652. The lowest BCUT2D eigenvalue weighted by atomic mass is 9.81. The van der Waals surface area contributed by atoms with E-state index in [1.54, 1.807) is 0 Å². The van der Waals surface area contributed by atoms with Gasteiger partial charge in [0.15, 0.2) is 0 Å². The molecule has 154 valence electrons. The Morgan fingerprint density at radius 1 is 0.964 bits per heavy atom. The molecule has 1 aromatic carbocycles. The highest BCUT2D eigenvalue weighted by atomic mass is 16.5. The second kappa shape index (κ2) is 9.08. The van der Waals surface area contributed by atoms with Crippen molar-refractivity contribution >= 4 is 17.5 Å². The van der Waals surface area contributed by atoms with Gasteiger partial charge in [0.1, 0.15) is 0 Å². The lowest BCUT2D eigenvalue weighted by Gasteiger charge is -2.27. The number of hydrogen-bond acceptors (Lipinski definition) is 3. The predicted octanol–water partition coefficient (Wildman–Crippen LogP) is 4.02. The number of carbonyl (C=O) groups excluding carboxylic acids is 2. The number of ether oxygens (including phenoxy) is 1. The zero-order chi connectivity index (χ0) is 20.1. The van der Waals surface area contributed by atoms with E-state index in [4.69, 9.17) is 4.74 Å². The molecular weight excluding hydrogens is 352 g/mol. The third kappa shape index (κ3) is 5.57. The van der Waals surface area contributed by atoms with E-state index < -0.39 is 0 Å². The molecule has 28 heavy (non-hydrogen) atoms. The van der Waals surface area contributed by atoms with Crippen LogP contribution in [-0.4, -0.2) is 31.1 Å². The van der Waals surface area contributed by atoms with Gasteiger partial charge in [-0.3, -0.25) is 9.59 Å². The first-order chi connectivity index (χ1) is 13.3. The van der Waals surface area contributed by atoms with Gasteiger partial charge in [-0.25, -0.2) is 0 Å². The standard InChI is InChI=1S/C23H34N2O3/c1-23(2,3)18-10-12-19(13-11-18)25-22(27)17-8-6-16(7-9-17)21(26)24-15-20-5-4-14-28-20/h10-13,16-17,20H,4-9,14-15H2,1-3H3,(H,24,26)(H,25,27). The molecule has 5 nitrogen and oxygen atoms in total. The summed E-state index contributed by atoms with van der Waals surface area (Å²) in [5, 5.41) is 6.07. The van der Waals surface area contributed by atoms with Crippen molar-refractivity contribution in [1.82, 2.24) is 5.32 Å². The number of hydrogen-bond donors (Lipinski definition) is 2. The van der Waals surface area contributed by atoms with Crippen molar-refractivity contribution in [2.45, 2.75) is 70.8 Å². The molecule has 1 heterocycles. The highest BCUT2D eigenvalue weighted by molar-refractivity contribution is 5.92. The molecular formula is C23H34N2O3. The summed E-state index contributed by atoms with van der Waals surface area (Å²) < 4.78 is 5.55. The molecule has 0 aromatic heterocycles. The summed E-state index contributed by atoms with van der Waals surface area (Å²) in [6.07, 6.45) is 5.38. The van der Waals surface area contributed by atoms with Crippen molar-refractivity contribution in [2.75, 3.05) is 18.5 Å². The van der Waals surface area contributed by atoms with Crippen LogP contribution in [0.25, 0.3) is 0 Å². The second-order valence-corrected chi connectivity index (χ2v) is 9.25. The monoisotopic (exact) mass is 386 g/mol. The molecule has 3 rings (SSSR count). The zero-order valence-corrected chi connectivity index (χ0v) is 17.4. The van der Waals surface area contributed by atoms with Crippen LogP contribution >= 0.6 is 0 Å². The van der Waals surface area contributed by atoms with Gasteiger partial charge in [0.2, 0.25) is 11.8 Å². The maximum Gasteiger partial charge on any atom is 0.227 e. The summed E-state index contributed by atoms with van der Waals surface area (Å²) in [7, 11) is 0. The average Bonchev–Trinajstić information content (AvgIpc) is 3.19. The summed E-state index contributed by atoms with van der Waals surface area (Å²) in [6.45, 7) is 7.95. The predicted molar refractivity (Wildman–Crippen MR) is 111 cm³/mol. The first kappa shape index (κ1) is 20.8. The maximum atomic E-state index is 12.6. The Bertz CT molecular complexity index is 664. The Balaban J connectivity index is 1.42. The van der Waals surface area contributed by atoms with Crippen LogP contribution in [-0.2, 0) is 19.7 Å². The highest BCUT2D eigenvalue weighted by Crippen LogP contribution is 2.30. The van der Waals surface area contributed by atoms with Gasteiger partial charge >= 0.3 is 0 Å². The number of carbonyl (C=O) groups is 2. The smallest absolute Gasteiger partial charge is 0.227 e. The lowest BCUT2D eigenvalue weighted by molar-refractivity contribution is -0.128. The Morgan fingerprint density at radius 3 is 2.11 bits per heavy atom. The minimum Gasteiger partial charge on any atom is -0.376 e. The summed E-state index contributed by atoms with van der Waals surface area (Å²) in [5.74, 6) is 0.204. The maximum absolute atomic E-state index is 12.6. The molecule has 2 amide bonds. The third-order valence-corrected chi connectivity index (χ3v) is 6.02. The van der Waals surface area contributed by atoms with Gasteiger partial charge < -0.3 is 15.4 Å². The summed E-state index contributed by atoms with van der Waals surface area (Å²) in [6, 6.07) is 8.10. The molecule has 0 bridgehead atoms. The minimum atomic E-state index is -0.00971. The van der Waals surface area contributed by atoms with Gasteiger partial charge in [-0.05, 0) is 61.6 Å². The average molecular weight is 387 g/mol. The molecule has 1 saturated heterocycles. The summed E-state index contributed by atoms with van der Waals surface area (Å²) in [5.41, 5.74) is 2.19. The molecule has 1 unspecified atom stereocenters. The van der Waals surface area contributed by atoms with Crippen molar-refractivity contribution in [1.29, 1.82) is 0 Å². The third-order valence-electron chi connectivity index (χ3n) is 6.02. The number of anilines is 1. The van der Waals surface area contributed by atoms with Crippen molar-refractivity contribution in [2.24, 2.45) is 11.8 Å². The minimum absolute atomic E-state index is 0.00971. The van der Waals surface area contributed by atoms with Crippen molar-refractivity contribution in [3.63, 3.8) is 0 Å². The van der Waals surface area contributed by atoms with Crippen molar-refractivity contribution in [3.05, 3.63) is 29.8 Å². The number of benzene rings is 1. The lowest BCUT2D eigenvalue weighted by Crippen LogP contribution is -2.38. The fourth-order valence-electron chi connectivity index (χ4n) is 4.08. The molecule has 1 aliphatic carbocycles. The van der Waals surface area contributed by atoms with Crippen LogP contribution in [0.4, 0.5) is 5.69 Å². The zero-order valence-electron chi connectivity index (χ0n) is 17.4. The molecule has 1 atom stereocenters. The molecule has 2 N–H and O–H groups in total. The van der Waals surface area contributed by atoms with E-state index in [1.807, 2.05) is 12.1 Å². The van der Waals surface area contributed by atoms with Gasteiger partial charge in [-0.2, -0.15) is 0 Å². The first-order valence-electron chi connectivity index (χ1n) is 10.6. The van der Waals surface area contributed by atoms with Crippen LogP contribution in [0.3, 0.4) is 0 Å². The fourth-order valence-corrected chi connectivity index (χ4v) is 4.08. The number of nitrogens with one attached hydrogen (secondary N) is 2. The van der Waals surface area contributed by atoms with Gasteiger partial charge in [0.25, 0.3) is 0 Å². The summed E-state index contributed by atoms with van der Waals surface area (Å²) in [4.78, 5) is 25.0. The van der Waals surface area contributed by atoms with E-state index in [0.29, 0.717) is 6.54 Å². The first-order valence-corrected chi connectivity index (χ1v) is 10.6. The highest BCUT2D eigenvalue weighted by Gasteiger charge is 2.30. The van der Waals surface area contributed by atoms with Gasteiger partial charge in [0, 0.05) is 30.7 Å². The number of rotatable bonds is 5. The van der Waals surface area contributed by atoms with Crippen LogP contribution in [0.2, 0.25) is 0 Å². The van der Waals surface area contributed by atoms with E-state index in [2.05, 4.69) is 43.5 Å². The van der Waals surface area contributed by atoms with Crippen molar-refractivity contribution < 1.29 is 14.3 Å². The van der Waals surface area contributed by atoms with Crippen LogP contribution in [0.15, 0.2) is 24.3 Å². The van der Waals surface area contributed by atoms with Gasteiger partial charge in [0.05, 0.1) is 6.10 Å². The number of amides is 2. The van der Waals surface area contributed by atoms with Crippen LogP contribution in [0.5, 0.6) is 0 Å². The van der Waals surface area contributed by atoms with E-state index in [-0.39, 0.29) is 35.2 Å². The summed E-state index contributed by atoms with van der Waals surface area (Å²) >= 11 is 0. The molecule has 0 radical (unpaired) electrons. The molecule has 5 heteroatoms. The largest absolute Gasteiger partial charge is 0.376 e. The van der Waals surface area contributed by atoms with Crippen LogP contribution in [0.1, 0.15) is 64.9 Å². The molecule has 2 aliphatic rings. The quantitative estimate of drug-likeness (QED) is 0.803.